The largest absolute Gasteiger partial charge is 0.482 e. The second kappa shape index (κ2) is 8.47. The first-order valence-corrected chi connectivity index (χ1v) is 10.8. The molecule has 1 N–H and O–H groups in total. The molecular weight excluding hydrogens is 434 g/mol. The lowest BCUT2D eigenvalue weighted by atomic mass is 10.1. The lowest BCUT2D eigenvalue weighted by molar-refractivity contribution is -0.121. The molecule has 1 atom stereocenters. The number of hydrogen-bond donors (Lipinski definition) is 1. The zero-order valence-corrected chi connectivity index (χ0v) is 18.4. The van der Waals surface area contributed by atoms with E-state index in [-0.39, 0.29) is 23.6 Å². The number of rotatable bonds is 5. The Morgan fingerprint density at radius 1 is 0.941 bits per heavy atom. The normalized spacial score (nSPS) is 15.5. The number of ether oxygens (including phenoxy) is 1. The van der Waals surface area contributed by atoms with Crippen LogP contribution >= 0.6 is 0 Å². The second-order valence-electron chi connectivity index (χ2n) is 8.13. The minimum absolute atomic E-state index is 0.0671. The number of nitrogens with zero attached hydrogens (tertiary/aromatic N) is 2. The molecule has 0 bridgehead atoms. The number of benzene rings is 3. The summed E-state index contributed by atoms with van der Waals surface area (Å²) in [5.41, 5.74) is 2.48. The van der Waals surface area contributed by atoms with Crippen LogP contribution in [0.25, 0.3) is 0 Å². The number of nitrogens with one attached hydrogen (secondary N) is 1. The molecule has 0 aromatic heterocycles. The molecule has 0 spiro atoms. The van der Waals surface area contributed by atoms with E-state index in [1.165, 1.54) is 6.92 Å². The summed E-state index contributed by atoms with van der Waals surface area (Å²) >= 11 is 0. The van der Waals surface area contributed by atoms with Gasteiger partial charge in [0, 0.05) is 5.69 Å². The first kappa shape index (κ1) is 21.4. The Labute approximate surface area is 195 Å². The Morgan fingerprint density at radius 3 is 2.26 bits per heavy atom. The molecule has 0 saturated heterocycles. The summed E-state index contributed by atoms with van der Waals surface area (Å²) in [5, 5.41) is 2.76. The van der Waals surface area contributed by atoms with E-state index in [0.29, 0.717) is 23.7 Å². The van der Waals surface area contributed by atoms with Gasteiger partial charge in [-0.1, -0.05) is 42.5 Å². The molecule has 2 aliphatic rings. The van der Waals surface area contributed by atoms with Crippen molar-refractivity contribution < 1.29 is 23.9 Å². The Kier molecular flexibility index (Phi) is 5.33. The van der Waals surface area contributed by atoms with Crippen molar-refractivity contribution in [3.05, 3.63) is 89.5 Å². The third kappa shape index (κ3) is 3.69. The van der Waals surface area contributed by atoms with Gasteiger partial charge in [-0.3, -0.25) is 24.1 Å². The molecule has 8 heteroatoms. The third-order valence-electron chi connectivity index (χ3n) is 5.95. The van der Waals surface area contributed by atoms with Crippen molar-refractivity contribution >= 4 is 35.0 Å². The molecule has 8 nitrogen and oxygen atoms in total. The highest BCUT2D eigenvalue weighted by Crippen LogP contribution is 2.36. The Bertz CT molecular complexity index is 1290. The smallest absolute Gasteiger partial charge is 0.265 e. The summed E-state index contributed by atoms with van der Waals surface area (Å²) in [6.45, 7) is 1.80. The van der Waals surface area contributed by atoms with Gasteiger partial charge in [-0.2, -0.15) is 0 Å². The molecule has 0 fully saturated rings. The molecule has 5 rings (SSSR count). The maximum absolute atomic E-state index is 13.0. The number of amides is 4. The minimum atomic E-state index is -1.03. The average molecular weight is 455 g/mol. The van der Waals surface area contributed by atoms with Crippen LogP contribution in [-0.2, 0) is 16.1 Å². The second-order valence-corrected chi connectivity index (χ2v) is 8.13. The van der Waals surface area contributed by atoms with E-state index in [9.17, 15) is 19.2 Å². The van der Waals surface area contributed by atoms with Crippen LogP contribution in [0, 0.1) is 0 Å². The summed E-state index contributed by atoms with van der Waals surface area (Å²) < 4.78 is 5.55. The number of fused-ring (bicyclic) bond motifs is 2. The molecule has 2 heterocycles. The maximum Gasteiger partial charge on any atom is 0.265 e. The van der Waals surface area contributed by atoms with Crippen molar-refractivity contribution in [1.82, 2.24) is 4.90 Å². The lowest BCUT2D eigenvalue weighted by Gasteiger charge is -2.30. The Hall–Kier alpha value is -4.46. The van der Waals surface area contributed by atoms with Crippen LogP contribution < -0.4 is 15.0 Å². The van der Waals surface area contributed by atoms with Crippen LogP contribution in [0.1, 0.15) is 33.2 Å². The molecule has 4 amide bonds. The Morgan fingerprint density at radius 2 is 1.59 bits per heavy atom. The summed E-state index contributed by atoms with van der Waals surface area (Å²) in [7, 11) is 0. The molecule has 0 saturated carbocycles. The average Bonchev–Trinajstić information content (AvgIpc) is 3.11. The fourth-order valence-corrected chi connectivity index (χ4v) is 4.14. The van der Waals surface area contributed by atoms with Gasteiger partial charge in [0.2, 0.25) is 5.91 Å². The number of carbonyl (C=O) groups excluding carboxylic acids is 4. The van der Waals surface area contributed by atoms with Gasteiger partial charge in [0.15, 0.2) is 6.61 Å². The van der Waals surface area contributed by atoms with E-state index in [0.717, 1.165) is 10.5 Å². The zero-order chi connectivity index (χ0) is 23.8. The highest BCUT2D eigenvalue weighted by atomic mass is 16.5. The van der Waals surface area contributed by atoms with E-state index in [4.69, 9.17) is 4.74 Å². The molecule has 1 unspecified atom stereocenters. The minimum Gasteiger partial charge on any atom is -0.482 e. The topological polar surface area (TPSA) is 96.0 Å². The van der Waals surface area contributed by atoms with Gasteiger partial charge < -0.3 is 15.0 Å². The van der Waals surface area contributed by atoms with E-state index >= 15 is 0 Å². The third-order valence-corrected chi connectivity index (χ3v) is 5.95. The number of hydrogen-bond acceptors (Lipinski definition) is 5. The van der Waals surface area contributed by atoms with Crippen LogP contribution in [0.5, 0.6) is 5.75 Å². The predicted octanol–water partition coefficient (Wildman–Crippen LogP) is 3.24. The fraction of sp³-hybridized carbons (Fsp3) is 0.154. The summed E-state index contributed by atoms with van der Waals surface area (Å²) in [6.07, 6.45) is 0. The quantitative estimate of drug-likeness (QED) is 0.596. The zero-order valence-electron chi connectivity index (χ0n) is 18.4. The van der Waals surface area contributed by atoms with E-state index in [1.807, 2.05) is 30.3 Å². The van der Waals surface area contributed by atoms with Gasteiger partial charge >= 0.3 is 0 Å². The molecular formula is C26H21N3O5. The number of anilines is 2. The van der Waals surface area contributed by atoms with Crippen LogP contribution in [0.2, 0.25) is 0 Å². The Balaban J connectivity index is 1.36. The first-order valence-electron chi connectivity index (χ1n) is 10.8. The summed E-state index contributed by atoms with van der Waals surface area (Å²) in [6, 6.07) is 20.0. The summed E-state index contributed by atoms with van der Waals surface area (Å²) in [4.78, 5) is 53.6. The van der Waals surface area contributed by atoms with Gasteiger partial charge in [0.05, 0.1) is 23.4 Å². The molecule has 3 aromatic carbocycles. The molecule has 2 aliphatic heterocycles. The number of carbonyl (C=O) groups is 4. The van der Waals surface area contributed by atoms with Gasteiger partial charge in [-0.15, -0.1) is 0 Å². The lowest BCUT2D eigenvalue weighted by Crippen LogP contribution is -2.45. The molecule has 34 heavy (non-hydrogen) atoms. The molecule has 3 aromatic rings. The summed E-state index contributed by atoms with van der Waals surface area (Å²) in [5.74, 6) is -1.18. The van der Waals surface area contributed by atoms with Crippen LogP contribution in [0.4, 0.5) is 11.4 Å². The van der Waals surface area contributed by atoms with Crippen LogP contribution in [0.15, 0.2) is 72.8 Å². The fourth-order valence-electron chi connectivity index (χ4n) is 4.14. The van der Waals surface area contributed by atoms with E-state index in [2.05, 4.69) is 5.32 Å². The van der Waals surface area contributed by atoms with Crippen molar-refractivity contribution in [3.8, 4) is 5.75 Å². The van der Waals surface area contributed by atoms with E-state index < -0.39 is 23.8 Å². The van der Waals surface area contributed by atoms with Crippen molar-refractivity contribution in [3.63, 3.8) is 0 Å². The monoisotopic (exact) mass is 455 g/mol. The van der Waals surface area contributed by atoms with Gasteiger partial charge in [-0.25, -0.2) is 0 Å². The van der Waals surface area contributed by atoms with Gasteiger partial charge in [-0.05, 0) is 42.8 Å². The van der Waals surface area contributed by atoms with Crippen molar-refractivity contribution in [2.45, 2.75) is 19.5 Å². The molecule has 170 valence electrons. The highest BCUT2D eigenvalue weighted by Gasteiger charge is 2.40. The van der Waals surface area contributed by atoms with Crippen molar-refractivity contribution in [1.29, 1.82) is 0 Å². The maximum atomic E-state index is 13.0. The van der Waals surface area contributed by atoms with Crippen LogP contribution in [-0.4, -0.2) is 41.2 Å². The molecule has 0 radical (unpaired) electrons. The van der Waals surface area contributed by atoms with E-state index in [1.54, 1.807) is 47.4 Å². The van der Waals surface area contributed by atoms with Gasteiger partial charge in [0.25, 0.3) is 17.7 Å². The van der Waals surface area contributed by atoms with Gasteiger partial charge in [0.1, 0.15) is 11.8 Å². The standard InChI is InChI=1S/C26H21N3O5/c1-16(29-25(32)19-9-5-6-10-20(19)26(29)33)24(31)27-18-11-12-22-21(13-18)28(23(30)15-34-22)14-17-7-3-2-4-8-17/h2-13,16H,14-15H2,1H3,(H,27,31). The molecule has 0 aliphatic carbocycles. The first-order chi connectivity index (χ1) is 16.4. The highest BCUT2D eigenvalue weighted by molar-refractivity contribution is 6.23. The predicted molar refractivity (Wildman–Crippen MR) is 125 cm³/mol. The van der Waals surface area contributed by atoms with Crippen molar-refractivity contribution in [2.24, 2.45) is 0 Å². The SMILES string of the molecule is CC(C(=O)Nc1ccc2c(c1)N(Cc1ccccc1)C(=O)CO2)N1C(=O)c2ccccc2C1=O. The van der Waals surface area contributed by atoms with Crippen molar-refractivity contribution in [2.75, 3.05) is 16.8 Å². The van der Waals surface area contributed by atoms with Crippen LogP contribution in [0.3, 0.4) is 0 Å². The number of imide groups is 1.